The number of aliphatic hydroxyl groups excluding tert-OH is 1. The average Bonchev–Trinajstić information content (AvgIpc) is 3.18. The molecule has 0 saturated carbocycles. The van der Waals surface area contributed by atoms with Gasteiger partial charge in [0, 0.05) is 26.1 Å². The van der Waals surface area contributed by atoms with Gasteiger partial charge in [-0.15, -0.1) is 0 Å². The molecule has 2 aliphatic heterocycles. The lowest BCUT2D eigenvalue weighted by molar-refractivity contribution is -0.153. The van der Waals surface area contributed by atoms with Crippen LogP contribution in [0.2, 0.25) is 0 Å². The van der Waals surface area contributed by atoms with Gasteiger partial charge in [0.15, 0.2) is 12.6 Å². The monoisotopic (exact) mass is 579 g/mol. The van der Waals surface area contributed by atoms with Gasteiger partial charge in [0.1, 0.15) is 41.1 Å². The number of rotatable bonds is 4. The first-order valence-electron chi connectivity index (χ1n) is 13.6. The number of cyclic esters (lactones) is 1. The Balaban J connectivity index is 2.14. The van der Waals surface area contributed by atoms with Crippen LogP contribution in [0.1, 0.15) is 70.8 Å². The zero-order chi connectivity index (χ0) is 30.7. The van der Waals surface area contributed by atoms with Crippen molar-refractivity contribution in [3.8, 4) is 5.75 Å². The van der Waals surface area contributed by atoms with Crippen LogP contribution in [0.5, 0.6) is 5.75 Å². The van der Waals surface area contributed by atoms with Crippen molar-refractivity contribution in [2.45, 2.75) is 90.7 Å². The van der Waals surface area contributed by atoms with Crippen molar-refractivity contribution in [3.05, 3.63) is 41.2 Å². The molecule has 228 valence electrons. The Bertz CT molecular complexity index is 1170. The van der Waals surface area contributed by atoms with Gasteiger partial charge in [-0.25, -0.2) is 14.0 Å². The lowest BCUT2D eigenvalue weighted by Crippen LogP contribution is -2.36. The standard InChI is InChI=1S/C30H42FNO9/c1-17-13-21(31)25(33)26-22(39-30(6,7)40-26)12-10-11-19-14-20(32(8)28(35)41-29(3,4)5)15-23(37-16-36-9)24(19)27(34)38-18(17)2/h10-11,13-15,17-18,22,25-26,33H,12,16H2,1-9H3/t17-,18+,22-,25?,26-/m1/s1. The highest BCUT2D eigenvalue weighted by molar-refractivity contribution is 5.99. The van der Waals surface area contributed by atoms with Crippen LogP contribution >= 0.6 is 0 Å². The molecule has 11 heteroatoms. The number of anilines is 1. The molecule has 0 radical (unpaired) electrons. The fourth-order valence-corrected chi connectivity index (χ4v) is 4.46. The highest BCUT2D eigenvalue weighted by Crippen LogP contribution is 2.36. The van der Waals surface area contributed by atoms with E-state index in [2.05, 4.69) is 0 Å². The van der Waals surface area contributed by atoms with E-state index in [1.165, 1.54) is 24.2 Å². The summed E-state index contributed by atoms with van der Waals surface area (Å²) in [5.74, 6) is -3.03. The lowest BCUT2D eigenvalue weighted by Gasteiger charge is -2.26. The number of methoxy groups -OCH3 is 1. The van der Waals surface area contributed by atoms with Gasteiger partial charge >= 0.3 is 12.1 Å². The van der Waals surface area contributed by atoms with Crippen molar-refractivity contribution in [3.63, 3.8) is 0 Å². The molecule has 1 aromatic carbocycles. The number of esters is 1. The predicted molar refractivity (Wildman–Crippen MR) is 150 cm³/mol. The van der Waals surface area contributed by atoms with Gasteiger partial charge in [-0.2, -0.15) is 0 Å². The van der Waals surface area contributed by atoms with Crippen molar-refractivity contribution in [1.82, 2.24) is 0 Å². The number of fused-ring (bicyclic) bond motifs is 2. The van der Waals surface area contributed by atoms with E-state index in [1.807, 2.05) is 0 Å². The molecule has 5 atom stereocenters. The molecule has 2 heterocycles. The van der Waals surface area contributed by atoms with Gasteiger partial charge in [-0.1, -0.05) is 19.1 Å². The maximum Gasteiger partial charge on any atom is 0.414 e. The Kier molecular flexibility index (Phi) is 10.2. The quantitative estimate of drug-likeness (QED) is 0.371. The molecule has 0 aliphatic carbocycles. The average molecular weight is 580 g/mol. The maximum absolute atomic E-state index is 15.1. The van der Waals surface area contributed by atoms with E-state index >= 15 is 4.39 Å². The number of ether oxygens (including phenoxy) is 6. The van der Waals surface area contributed by atoms with Crippen LogP contribution in [0, 0.1) is 5.92 Å². The van der Waals surface area contributed by atoms with Crippen molar-refractivity contribution < 1.29 is 47.5 Å². The maximum atomic E-state index is 15.1. The summed E-state index contributed by atoms with van der Waals surface area (Å²) in [5, 5.41) is 10.8. The topological polar surface area (TPSA) is 113 Å². The first kappa shape index (κ1) is 32.5. The highest BCUT2D eigenvalue weighted by atomic mass is 19.1. The Morgan fingerprint density at radius 1 is 1.22 bits per heavy atom. The number of hydrogen-bond acceptors (Lipinski definition) is 9. The van der Waals surface area contributed by atoms with E-state index < -0.39 is 59.6 Å². The number of aliphatic hydroxyl groups is 1. The molecule has 0 aromatic heterocycles. The molecule has 1 unspecified atom stereocenters. The summed E-state index contributed by atoms with van der Waals surface area (Å²) in [6.45, 7) is 11.8. The van der Waals surface area contributed by atoms with Crippen LogP contribution in [0.4, 0.5) is 14.9 Å². The summed E-state index contributed by atoms with van der Waals surface area (Å²) < 4.78 is 49.0. The summed E-state index contributed by atoms with van der Waals surface area (Å²) in [4.78, 5) is 27.7. The second-order valence-corrected chi connectivity index (χ2v) is 11.7. The minimum absolute atomic E-state index is 0.0979. The Morgan fingerprint density at radius 2 is 1.90 bits per heavy atom. The molecular formula is C30H42FNO9. The third-order valence-electron chi connectivity index (χ3n) is 6.65. The molecular weight excluding hydrogens is 537 g/mol. The van der Waals surface area contributed by atoms with Gasteiger partial charge < -0.3 is 33.5 Å². The molecule has 1 N–H and O–H groups in total. The van der Waals surface area contributed by atoms with Crippen molar-refractivity contribution >= 4 is 23.8 Å². The van der Waals surface area contributed by atoms with Crippen LogP contribution in [0.15, 0.2) is 30.1 Å². The Hall–Kier alpha value is -2.99. The van der Waals surface area contributed by atoms with Crippen LogP contribution in [0.3, 0.4) is 0 Å². The second-order valence-electron chi connectivity index (χ2n) is 11.7. The summed E-state index contributed by atoms with van der Waals surface area (Å²) in [5.41, 5.74) is 0.157. The van der Waals surface area contributed by atoms with Gasteiger partial charge in [-0.05, 0) is 65.7 Å². The van der Waals surface area contributed by atoms with Crippen LogP contribution in [-0.2, 0) is 23.7 Å². The van der Waals surface area contributed by atoms with E-state index in [-0.39, 0.29) is 24.5 Å². The SMILES string of the molecule is COCOc1cc(N(C)C(=O)OC(C)(C)C)cc2c1C(=O)O[C@@H](C)[C@H](C)C=C(F)C(O)[C@@H]1OC(C)(C)O[C@@H]1CC=C2. The number of amides is 1. The predicted octanol–water partition coefficient (Wildman–Crippen LogP) is 5.37. The number of halogens is 1. The molecule has 0 bridgehead atoms. The zero-order valence-electron chi connectivity index (χ0n) is 25.2. The molecule has 1 aromatic rings. The molecule has 10 nitrogen and oxygen atoms in total. The third kappa shape index (κ3) is 8.28. The number of carbonyl (C=O) groups excluding carboxylic acids is 2. The fraction of sp³-hybridized carbons (Fsp3) is 0.600. The van der Waals surface area contributed by atoms with E-state index in [0.29, 0.717) is 11.3 Å². The first-order valence-corrected chi connectivity index (χ1v) is 13.6. The van der Waals surface area contributed by atoms with E-state index in [9.17, 15) is 14.7 Å². The van der Waals surface area contributed by atoms with Crippen molar-refractivity contribution in [2.24, 2.45) is 5.92 Å². The molecule has 0 spiro atoms. The van der Waals surface area contributed by atoms with E-state index in [0.717, 1.165) is 0 Å². The van der Waals surface area contributed by atoms with Crippen molar-refractivity contribution in [2.75, 3.05) is 25.9 Å². The lowest BCUT2D eigenvalue weighted by atomic mass is 9.98. The molecule has 2 aliphatic rings. The fourth-order valence-electron chi connectivity index (χ4n) is 4.46. The summed E-state index contributed by atoms with van der Waals surface area (Å²) in [7, 11) is 2.98. The normalized spacial score (nSPS) is 26.7. The molecule has 41 heavy (non-hydrogen) atoms. The first-order chi connectivity index (χ1) is 19.0. The summed E-state index contributed by atoms with van der Waals surface area (Å²) in [6, 6.07) is 3.16. The second kappa shape index (κ2) is 12.9. The number of benzene rings is 1. The third-order valence-corrected chi connectivity index (χ3v) is 6.65. The Labute approximate surface area is 241 Å². The van der Waals surface area contributed by atoms with E-state index in [4.69, 9.17) is 28.4 Å². The van der Waals surface area contributed by atoms with Crippen LogP contribution < -0.4 is 9.64 Å². The molecule has 1 saturated heterocycles. The number of nitrogens with zero attached hydrogens (tertiary/aromatic N) is 1. The van der Waals surface area contributed by atoms with Crippen LogP contribution in [0.25, 0.3) is 6.08 Å². The van der Waals surface area contributed by atoms with Gasteiger partial charge in [0.2, 0.25) is 0 Å². The largest absolute Gasteiger partial charge is 0.467 e. The highest BCUT2D eigenvalue weighted by Gasteiger charge is 2.45. The van der Waals surface area contributed by atoms with Crippen molar-refractivity contribution in [1.29, 1.82) is 0 Å². The number of carbonyl (C=O) groups is 2. The van der Waals surface area contributed by atoms with Crippen LogP contribution in [-0.4, -0.2) is 73.9 Å². The minimum Gasteiger partial charge on any atom is -0.467 e. The van der Waals surface area contributed by atoms with Gasteiger partial charge in [-0.3, -0.25) is 4.90 Å². The molecule has 1 fully saturated rings. The molecule has 3 rings (SSSR count). The summed E-state index contributed by atoms with van der Waals surface area (Å²) in [6.07, 6.45) is 0.227. The Morgan fingerprint density at radius 3 is 2.54 bits per heavy atom. The zero-order valence-corrected chi connectivity index (χ0v) is 25.2. The van der Waals surface area contributed by atoms with Gasteiger partial charge in [0.05, 0.1) is 11.8 Å². The van der Waals surface area contributed by atoms with Gasteiger partial charge in [0.25, 0.3) is 0 Å². The number of hydrogen-bond donors (Lipinski definition) is 1. The van der Waals surface area contributed by atoms with E-state index in [1.54, 1.807) is 73.7 Å². The minimum atomic E-state index is -1.57. The summed E-state index contributed by atoms with van der Waals surface area (Å²) >= 11 is 0. The molecule has 1 amide bonds. The smallest absolute Gasteiger partial charge is 0.414 e.